The standard InChI is InChI=1S/C14H16N6O/c1-3-19-9-16-13-12(19)5-10(6-15-13)14(21)18-11-7-17-20(4-2)8-11/h5-9H,3-4H2,1-2H3,(H,18,21). The normalized spacial score (nSPS) is 11.0. The molecule has 3 aromatic heterocycles. The highest BCUT2D eigenvalue weighted by Gasteiger charge is 2.11. The molecule has 0 aromatic carbocycles. The fourth-order valence-electron chi connectivity index (χ4n) is 2.12. The molecule has 1 amide bonds. The van der Waals surface area contributed by atoms with Gasteiger partial charge in [-0.1, -0.05) is 0 Å². The quantitative estimate of drug-likeness (QED) is 0.794. The Kier molecular flexibility index (Phi) is 3.39. The van der Waals surface area contributed by atoms with Gasteiger partial charge in [0.2, 0.25) is 0 Å². The molecule has 21 heavy (non-hydrogen) atoms. The second kappa shape index (κ2) is 5.35. The van der Waals surface area contributed by atoms with Gasteiger partial charge in [0.15, 0.2) is 5.65 Å². The minimum atomic E-state index is -0.205. The van der Waals surface area contributed by atoms with Gasteiger partial charge in [0.25, 0.3) is 5.91 Å². The Morgan fingerprint density at radius 3 is 2.81 bits per heavy atom. The Balaban J connectivity index is 1.86. The van der Waals surface area contributed by atoms with Gasteiger partial charge in [-0.2, -0.15) is 5.10 Å². The van der Waals surface area contributed by atoms with Crippen LogP contribution in [0.3, 0.4) is 0 Å². The smallest absolute Gasteiger partial charge is 0.257 e. The molecule has 0 aliphatic carbocycles. The summed E-state index contributed by atoms with van der Waals surface area (Å²) in [5.41, 5.74) is 2.68. The summed E-state index contributed by atoms with van der Waals surface area (Å²) in [6.07, 6.45) is 6.68. The minimum absolute atomic E-state index is 0.205. The number of hydrogen-bond acceptors (Lipinski definition) is 4. The third-order valence-electron chi connectivity index (χ3n) is 3.29. The van der Waals surface area contributed by atoms with E-state index in [0.29, 0.717) is 16.9 Å². The summed E-state index contributed by atoms with van der Waals surface area (Å²) in [4.78, 5) is 20.7. The van der Waals surface area contributed by atoms with Gasteiger partial charge < -0.3 is 9.88 Å². The van der Waals surface area contributed by atoms with Crippen molar-refractivity contribution in [2.45, 2.75) is 26.9 Å². The molecule has 3 aromatic rings. The van der Waals surface area contributed by atoms with Crippen LogP contribution in [0.15, 0.2) is 31.0 Å². The Bertz CT molecular complexity index is 788. The zero-order valence-corrected chi connectivity index (χ0v) is 11.9. The Labute approximate surface area is 121 Å². The number of anilines is 1. The van der Waals surface area contributed by atoms with Crippen LogP contribution in [-0.2, 0) is 13.1 Å². The summed E-state index contributed by atoms with van der Waals surface area (Å²) in [6, 6.07) is 1.80. The van der Waals surface area contributed by atoms with Crippen molar-refractivity contribution in [3.05, 3.63) is 36.5 Å². The highest BCUT2D eigenvalue weighted by molar-refractivity contribution is 6.05. The third kappa shape index (κ3) is 2.49. The van der Waals surface area contributed by atoms with Gasteiger partial charge in [0.1, 0.15) is 0 Å². The summed E-state index contributed by atoms with van der Waals surface area (Å²) in [5, 5.41) is 6.94. The Morgan fingerprint density at radius 1 is 1.24 bits per heavy atom. The molecule has 0 spiro atoms. The first kappa shape index (κ1) is 13.3. The molecule has 0 radical (unpaired) electrons. The maximum absolute atomic E-state index is 12.3. The Hall–Kier alpha value is -2.70. The topological polar surface area (TPSA) is 77.6 Å². The first-order chi connectivity index (χ1) is 10.2. The number of aromatic nitrogens is 5. The van der Waals surface area contributed by atoms with E-state index in [2.05, 4.69) is 20.4 Å². The second-order valence-electron chi connectivity index (χ2n) is 4.64. The molecule has 0 aliphatic rings. The first-order valence-electron chi connectivity index (χ1n) is 6.86. The van der Waals surface area contributed by atoms with Crippen molar-refractivity contribution < 1.29 is 4.79 Å². The summed E-state index contributed by atoms with van der Waals surface area (Å²) in [5.74, 6) is -0.205. The summed E-state index contributed by atoms with van der Waals surface area (Å²) >= 11 is 0. The molecule has 0 saturated carbocycles. The number of fused-ring (bicyclic) bond motifs is 1. The van der Waals surface area contributed by atoms with Crippen LogP contribution in [-0.4, -0.2) is 30.2 Å². The van der Waals surface area contributed by atoms with Crippen LogP contribution in [0.25, 0.3) is 11.2 Å². The van der Waals surface area contributed by atoms with Gasteiger partial charge in [-0.25, -0.2) is 9.97 Å². The number of amides is 1. The molecule has 3 rings (SSSR count). The average molecular weight is 284 g/mol. The molecular weight excluding hydrogens is 268 g/mol. The van der Waals surface area contributed by atoms with Crippen molar-refractivity contribution in [2.75, 3.05) is 5.32 Å². The van der Waals surface area contributed by atoms with Crippen molar-refractivity contribution in [1.82, 2.24) is 24.3 Å². The highest BCUT2D eigenvalue weighted by Crippen LogP contribution is 2.14. The van der Waals surface area contributed by atoms with E-state index >= 15 is 0 Å². The number of nitrogens with one attached hydrogen (secondary N) is 1. The van der Waals surface area contributed by atoms with Crippen LogP contribution in [0.4, 0.5) is 5.69 Å². The summed E-state index contributed by atoms with van der Waals surface area (Å²) in [7, 11) is 0. The van der Waals surface area contributed by atoms with Gasteiger partial charge in [-0.05, 0) is 19.9 Å². The summed E-state index contributed by atoms with van der Waals surface area (Å²) < 4.78 is 3.71. The number of imidazole rings is 1. The lowest BCUT2D eigenvalue weighted by molar-refractivity contribution is 0.102. The van der Waals surface area contributed by atoms with Crippen LogP contribution >= 0.6 is 0 Å². The molecule has 1 N–H and O–H groups in total. The van der Waals surface area contributed by atoms with Gasteiger partial charge in [0.05, 0.1) is 29.3 Å². The van der Waals surface area contributed by atoms with Gasteiger partial charge >= 0.3 is 0 Å². The number of rotatable bonds is 4. The molecule has 0 fully saturated rings. The van der Waals surface area contributed by atoms with Crippen molar-refractivity contribution >= 4 is 22.8 Å². The molecule has 108 valence electrons. The number of carbonyl (C=O) groups is 1. The molecule has 0 aliphatic heterocycles. The number of aryl methyl sites for hydroxylation is 2. The van der Waals surface area contributed by atoms with Crippen LogP contribution < -0.4 is 5.32 Å². The van der Waals surface area contributed by atoms with Gasteiger partial charge in [0, 0.05) is 25.5 Å². The molecule has 0 saturated heterocycles. The van der Waals surface area contributed by atoms with Crippen molar-refractivity contribution in [3.8, 4) is 0 Å². The molecule has 3 heterocycles. The predicted molar refractivity (Wildman–Crippen MR) is 79.1 cm³/mol. The van der Waals surface area contributed by atoms with Crippen LogP contribution in [0, 0.1) is 0 Å². The average Bonchev–Trinajstić information content (AvgIpc) is 3.12. The third-order valence-corrected chi connectivity index (χ3v) is 3.29. The van der Waals surface area contributed by atoms with Crippen molar-refractivity contribution in [1.29, 1.82) is 0 Å². The maximum Gasteiger partial charge on any atom is 0.257 e. The number of nitrogens with zero attached hydrogens (tertiary/aromatic N) is 5. The molecule has 7 heteroatoms. The fraction of sp³-hybridized carbons (Fsp3) is 0.286. The lowest BCUT2D eigenvalue weighted by Gasteiger charge is -2.03. The highest BCUT2D eigenvalue weighted by atomic mass is 16.1. The number of pyridine rings is 1. The molecule has 0 bridgehead atoms. The second-order valence-corrected chi connectivity index (χ2v) is 4.64. The Morgan fingerprint density at radius 2 is 2.10 bits per heavy atom. The van der Waals surface area contributed by atoms with E-state index in [1.54, 1.807) is 29.5 Å². The van der Waals surface area contributed by atoms with Crippen LogP contribution in [0.1, 0.15) is 24.2 Å². The van der Waals surface area contributed by atoms with E-state index in [4.69, 9.17) is 0 Å². The lowest BCUT2D eigenvalue weighted by Crippen LogP contribution is -2.12. The van der Waals surface area contributed by atoms with E-state index < -0.39 is 0 Å². The fourth-order valence-corrected chi connectivity index (χ4v) is 2.12. The zero-order chi connectivity index (χ0) is 14.8. The zero-order valence-electron chi connectivity index (χ0n) is 11.9. The van der Waals surface area contributed by atoms with E-state index in [9.17, 15) is 4.79 Å². The minimum Gasteiger partial charge on any atom is -0.329 e. The van der Waals surface area contributed by atoms with E-state index in [0.717, 1.165) is 18.6 Å². The number of carbonyl (C=O) groups excluding carboxylic acids is 1. The molecule has 0 atom stereocenters. The SMILES string of the molecule is CCn1cc(NC(=O)c2cnc3ncn(CC)c3c2)cn1. The molecule has 7 nitrogen and oxygen atoms in total. The van der Waals surface area contributed by atoms with Gasteiger partial charge in [-0.15, -0.1) is 0 Å². The number of hydrogen-bond donors (Lipinski definition) is 1. The first-order valence-corrected chi connectivity index (χ1v) is 6.86. The monoisotopic (exact) mass is 284 g/mol. The van der Waals surface area contributed by atoms with Crippen molar-refractivity contribution in [2.24, 2.45) is 0 Å². The van der Waals surface area contributed by atoms with E-state index in [1.807, 2.05) is 18.4 Å². The van der Waals surface area contributed by atoms with E-state index in [1.165, 1.54) is 6.20 Å². The van der Waals surface area contributed by atoms with Crippen LogP contribution in [0.2, 0.25) is 0 Å². The van der Waals surface area contributed by atoms with E-state index in [-0.39, 0.29) is 5.91 Å². The molecular formula is C14H16N6O. The van der Waals surface area contributed by atoms with Crippen molar-refractivity contribution in [3.63, 3.8) is 0 Å². The van der Waals surface area contributed by atoms with Crippen LogP contribution in [0.5, 0.6) is 0 Å². The summed E-state index contributed by atoms with van der Waals surface area (Å²) in [6.45, 7) is 5.56. The molecule has 0 unspecified atom stereocenters. The maximum atomic E-state index is 12.3. The van der Waals surface area contributed by atoms with Gasteiger partial charge in [-0.3, -0.25) is 9.48 Å². The largest absolute Gasteiger partial charge is 0.329 e. The lowest BCUT2D eigenvalue weighted by atomic mass is 10.2. The predicted octanol–water partition coefficient (Wildman–Crippen LogP) is 1.92.